The van der Waals surface area contributed by atoms with Gasteiger partial charge in [-0.25, -0.2) is 43.2 Å². The van der Waals surface area contributed by atoms with Gasteiger partial charge in [0.2, 0.25) is 0 Å². The number of amides is 4. The third-order valence-corrected chi connectivity index (χ3v) is 12.6. The number of esters is 5. The molecule has 2 aliphatic rings. The van der Waals surface area contributed by atoms with Gasteiger partial charge in [0.15, 0.2) is 6.29 Å². The first-order chi connectivity index (χ1) is 36.5. The Bertz CT molecular complexity index is 2090. The Balaban J connectivity index is 1.96. The minimum absolute atomic E-state index is 0.121. The van der Waals surface area contributed by atoms with E-state index in [-0.39, 0.29) is 43.2 Å². The minimum Gasteiger partial charge on any atom is -0.462 e. The van der Waals surface area contributed by atoms with E-state index >= 15 is 0 Å². The Morgan fingerprint density at radius 2 is 0.756 bits per heavy atom. The highest BCUT2D eigenvalue weighted by Gasteiger charge is 2.45. The molecule has 0 bridgehead atoms. The lowest BCUT2D eigenvalue weighted by atomic mass is 9.62. The Morgan fingerprint density at radius 3 is 1.10 bits per heavy atom. The van der Waals surface area contributed by atoms with Crippen molar-refractivity contribution in [3.63, 3.8) is 0 Å². The van der Waals surface area contributed by atoms with Crippen LogP contribution in [0, 0.1) is 32.5 Å². The van der Waals surface area contributed by atoms with Crippen molar-refractivity contribution >= 4 is 54.2 Å². The molecule has 2 aliphatic carbocycles. The van der Waals surface area contributed by atoms with Crippen LogP contribution in [0.4, 0.5) is 19.2 Å². The second-order valence-electron chi connectivity index (χ2n) is 21.9. The van der Waals surface area contributed by atoms with E-state index < -0.39 is 141 Å². The van der Waals surface area contributed by atoms with E-state index in [4.69, 9.17) is 47.4 Å². The van der Waals surface area contributed by atoms with Crippen molar-refractivity contribution in [1.82, 2.24) is 21.3 Å². The van der Waals surface area contributed by atoms with Crippen LogP contribution in [0.3, 0.4) is 0 Å². The van der Waals surface area contributed by atoms with Gasteiger partial charge in [-0.15, -0.1) is 0 Å². The van der Waals surface area contributed by atoms with Crippen molar-refractivity contribution in [3.8, 4) is 0 Å². The number of aliphatic hydroxyl groups is 1. The van der Waals surface area contributed by atoms with E-state index in [1.165, 1.54) is 0 Å². The number of rotatable bonds is 32. The molecule has 0 radical (unpaired) electrons. The summed E-state index contributed by atoms with van der Waals surface area (Å²) in [5, 5.41) is 21.3. The number of aliphatic hydroxyl groups excluding tert-OH is 1. The molecule has 2 rings (SSSR count). The van der Waals surface area contributed by atoms with E-state index in [0.29, 0.717) is 38.5 Å². The Hall–Kier alpha value is -7.21. The van der Waals surface area contributed by atoms with E-state index in [1.807, 2.05) is 41.5 Å². The molecule has 5 N–H and O–H groups in total. The molecular weight excluding hydrogens is 1020 g/mol. The normalized spacial score (nSPS) is 20.6. The summed E-state index contributed by atoms with van der Waals surface area (Å²) >= 11 is 0. The maximum atomic E-state index is 13.3. The number of carbonyl (C=O) groups is 9. The summed E-state index contributed by atoms with van der Waals surface area (Å²) in [5.74, 6) is -4.11. The zero-order valence-corrected chi connectivity index (χ0v) is 45.9. The van der Waals surface area contributed by atoms with Gasteiger partial charge in [0, 0.05) is 55.6 Å². The van der Waals surface area contributed by atoms with Gasteiger partial charge in [-0.3, -0.25) is 0 Å². The van der Waals surface area contributed by atoms with Crippen LogP contribution in [0.5, 0.6) is 0 Å². The van der Waals surface area contributed by atoms with Gasteiger partial charge >= 0.3 is 54.2 Å². The van der Waals surface area contributed by atoms with Crippen LogP contribution >= 0.6 is 0 Å². The zero-order valence-electron chi connectivity index (χ0n) is 45.9. The highest BCUT2D eigenvalue weighted by molar-refractivity contribution is 5.83. The predicted octanol–water partition coefficient (Wildman–Crippen LogP) is 5.20. The largest absolute Gasteiger partial charge is 0.462 e. The number of nitrogens with one attached hydrogen (secondary N) is 4. The second kappa shape index (κ2) is 31.3. The molecule has 24 nitrogen and oxygen atoms in total. The highest BCUT2D eigenvalue weighted by Crippen LogP contribution is 2.47. The third-order valence-electron chi connectivity index (χ3n) is 12.6. The number of ether oxygens (including phenoxy) is 10. The van der Waals surface area contributed by atoms with Crippen LogP contribution in [-0.4, -0.2) is 157 Å². The molecule has 24 heteroatoms. The molecule has 2 fully saturated rings. The van der Waals surface area contributed by atoms with Crippen LogP contribution in [-0.2, 0) is 71.3 Å². The number of alkyl carbamates (subject to hydrolysis) is 4. The lowest BCUT2D eigenvalue weighted by Crippen LogP contribution is -2.51. The molecular formula is C54H80N4O20. The number of hydrogen-bond acceptors (Lipinski definition) is 20. The average molecular weight is 1110 g/mol. The van der Waals surface area contributed by atoms with Crippen LogP contribution in [0.1, 0.15) is 80.1 Å². The van der Waals surface area contributed by atoms with Gasteiger partial charge < -0.3 is 73.7 Å². The van der Waals surface area contributed by atoms with Crippen molar-refractivity contribution in [2.75, 3.05) is 79.2 Å². The molecule has 0 aliphatic heterocycles. The summed E-state index contributed by atoms with van der Waals surface area (Å²) in [6, 6.07) is -0.811. The second-order valence-corrected chi connectivity index (χ2v) is 21.9. The molecule has 2 saturated carbocycles. The molecule has 0 aromatic rings. The SMILES string of the molecule is C=CC(=O)OCC(COC(=O)C=C)(COC(=O)C=C)COC(=O)NC1CC(C)(C)CC(C)(CNC(=O)OCCOC(=O)NC2CC(C)(C)CC(C)(CNC(=O)OCC(COC(=O)C=C)(COC(=O)C=C)COC(O)C=C)C2)C1. The molecule has 0 saturated heterocycles. The van der Waals surface area contributed by atoms with E-state index in [2.05, 4.69) is 60.7 Å². The predicted molar refractivity (Wildman–Crippen MR) is 280 cm³/mol. The third kappa shape index (κ3) is 25.3. The topological polar surface area (TPSA) is 314 Å². The van der Waals surface area contributed by atoms with Gasteiger partial charge in [-0.2, -0.15) is 0 Å². The molecule has 5 unspecified atom stereocenters. The van der Waals surface area contributed by atoms with Gasteiger partial charge in [0.25, 0.3) is 0 Å². The summed E-state index contributed by atoms with van der Waals surface area (Å²) < 4.78 is 53.2. The van der Waals surface area contributed by atoms with E-state index in [0.717, 1.165) is 36.5 Å². The molecule has 5 atom stereocenters. The van der Waals surface area contributed by atoms with Crippen LogP contribution in [0.2, 0.25) is 0 Å². The van der Waals surface area contributed by atoms with Crippen molar-refractivity contribution in [2.45, 2.75) is 98.4 Å². The first kappa shape index (κ1) is 66.9. The average Bonchev–Trinajstić information content (AvgIpc) is 3.38. The maximum Gasteiger partial charge on any atom is 0.407 e. The monoisotopic (exact) mass is 1100 g/mol. The molecule has 0 spiro atoms. The first-order valence-electron chi connectivity index (χ1n) is 25.1. The quantitative estimate of drug-likeness (QED) is 0.0144. The van der Waals surface area contributed by atoms with E-state index in [9.17, 15) is 48.3 Å². The van der Waals surface area contributed by atoms with Gasteiger partial charge in [-0.1, -0.05) is 81.0 Å². The Kier molecular flexibility index (Phi) is 26.8. The summed E-state index contributed by atoms with van der Waals surface area (Å²) in [6.07, 6.45) is 4.25. The summed E-state index contributed by atoms with van der Waals surface area (Å²) in [4.78, 5) is 112. The van der Waals surface area contributed by atoms with Crippen molar-refractivity contribution < 1.29 is 95.6 Å². The fourth-order valence-corrected chi connectivity index (χ4v) is 9.78. The maximum absolute atomic E-state index is 13.3. The van der Waals surface area contributed by atoms with Crippen LogP contribution in [0.15, 0.2) is 75.9 Å². The molecule has 0 aromatic carbocycles. The first-order valence-corrected chi connectivity index (χ1v) is 25.1. The molecule has 0 heterocycles. The van der Waals surface area contributed by atoms with Gasteiger partial charge in [0.1, 0.15) is 64.9 Å². The fourth-order valence-electron chi connectivity index (χ4n) is 9.78. The fraction of sp³-hybridized carbons (Fsp3) is 0.611. The molecule has 436 valence electrons. The zero-order chi connectivity index (χ0) is 58.8. The summed E-state index contributed by atoms with van der Waals surface area (Å²) in [5.41, 5.74) is -4.70. The molecule has 78 heavy (non-hydrogen) atoms. The van der Waals surface area contributed by atoms with Crippen LogP contribution in [0.25, 0.3) is 0 Å². The number of hydrogen-bond donors (Lipinski definition) is 5. The number of carbonyl (C=O) groups excluding carboxylic acids is 9. The van der Waals surface area contributed by atoms with Crippen molar-refractivity contribution in [3.05, 3.63) is 75.9 Å². The lowest BCUT2D eigenvalue weighted by molar-refractivity contribution is -0.164. The standard InChI is InChI=1S/C54H80N4O20/c1-13-39(59)71-29-53(30-72-40(60)14-2,31-73-41(61)15-3)35-77-46(66)56-28-52(12)23-37(21-49(7,8)26-52)57-47(67)70-20-19-69-45(65)55-27-51(11)24-38(22-50(9,10)25-51)58-48(68)78-36-54(32-74-42(62)16-4,33-75-43(63)17-5)34-76-44(64)18-6/h13-18,37-39,59H,1-6,19-36H2,7-12H3,(H,55,65)(H,56,66)(H,57,67)(H,58,68). The molecule has 4 amide bonds. The molecule has 0 aromatic heterocycles. The van der Waals surface area contributed by atoms with Crippen LogP contribution < -0.4 is 21.3 Å². The lowest BCUT2D eigenvalue weighted by Gasteiger charge is -2.46. The smallest absolute Gasteiger partial charge is 0.407 e. The van der Waals surface area contributed by atoms with Crippen molar-refractivity contribution in [2.24, 2.45) is 32.5 Å². The minimum atomic E-state index is -1.53. The summed E-state index contributed by atoms with van der Waals surface area (Å²) in [7, 11) is 0. The summed E-state index contributed by atoms with van der Waals surface area (Å²) in [6.45, 7) is 28.2. The van der Waals surface area contributed by atoms with Crippen molar-refractivity contribution in [1.29, 1.82) is 0 Å². The Labute approximate surface area is 456 Å². The Morgan fingerprint density at radius 1 is 0.462 bits per heavy atom. The van der Waals surface area contributed by atoms with Gasteiger partial charge in [0.05, 0.1) is 12.0 Å². The highest BCUT2D eigenvalue weighted by atomic mass is 16.6. The van der Waals surface area contributed by atoms with Gasteiger partial charge in [-0.05, 0) is 66.3 Å². The van der Waals surface area contributed by atoms with E-state index in [1.54, 1.807) is 0 Å².